The fraction of sp³-hybridized carbons (Fsp3) is 0.333. The van der Waals surface area contributed by atoms with Gasteiger partial charge in [0.2, 0.25) is 0 Å². The monoisotopic (exact) mass is 216 g/mol. The van der Waals surface area contributed by atoms with Crippen LogP contribution in [0.5, 0.6) is 0 Å². The third kappa shape index (κ3) is 1.91. The van der Waals surface area contributed by atoms with Gasteiger partial charge in [0, 0.05) is 24.1 Å². The SMILES string of the molecule is Cc1cnc(-n2ccc(C(C)C)n2)cc1N. The second-order valence-electron chi connectivity index (χ2n) is 4.24. The van der Waals surface area contributed by atoms with Gasteiger partial charge < -0.3 is 5.73 Å². The summed E-state index contributed by atoms with van der Waals surface area (Å²) in [6.07, 6.45) is 3.67. The summed E-state index contributed by atoms with van der Waals surface area (Å²) >= 11 is 0. The number of hydrogen-bond acceptors (Lipinski definition) is 3. The third-order valence-corrected chi connectivity index (χ3v) is 2.57. The van der Waals surface area contributed by atoms with E-state index in [1.165, 1.54) is 0 Å². The average molecular weight is 216 g/mol. The Morgan fingerprint density at radius 3 is 2.69 bits per heavy atom. The van der Waals surface area contributed by atoms with Crippen LogP contribution < -0.4 is 5.73 Å². The van der Waals surface area contributed by atoms with E-state index >= 15 is 0 Å². The summed E-state index contributed by atoms with van der Waals surface area (Å²) in [4.78, 5) is 4.30. The molecule has 2 aromatic heterocycles. The van der Waals surface area contributed by atoms with Gasteiger partial charge in [-0.1, -0.05) is 13.8 Å². The van der Waals surface area contributed by atoms with Gasteiger partial charge in [-0.05, 0) is 24.5 Å². The van der Waals surface area contributed by atoms with Crippen molar-refractivity contribution in [3.63, 3.8) is 0 Å². The molecule has 2 rings (SSSR count). The number of aromatic nitrogens is 3. The predicted octanol–water partition coefficient (Wildman–Crippen LogP) is 2.28. The molecule has 4 heteroatoms. The molecule has 0 saturated carbocycles. The number of nitrogen functional groups attached to an aromatic ring is 1. The van der Waals surface area contributed by atoms with Crippen LogP contribution in [0.25, 0.3) is 5.82 Å². The maximum absolute atomic E-state index is 5.84. The molecule has 0 radical (unpaired) electrons. The second-order valence-corrected chi connectivity index (χ2v) is 4.24. The van der Waals surface area contributed by atoms with Gasteiger partial charge >= 0.3 is 0 Å². The first-order valence-corrected chi connectivity index (χ1v) is 5.36. The molecular formula is C12H16N4. The summed E-state index contributed by atoms with van der Waals surface area (Å²) in [7, 11) is 0. The lowest BCUT2D eigenvalue weighted by molar-refractivity contribution is 0.757. The van der Waals surface area contributed by atoms with Crippen LogP contribution in [0.4, 0.5) is 5.69 Å². The zero-order chi connectivity index (χ0) is 11.7. The van der Waals surface area contributed by atoms with Gasteiger partial charge in [0.1, 0.15) is 0 Å². The van der Waals surface area contributed by atoms with Crippen molar-refractivity contribution in [2.75, 3.05) is 5.73 Å². The van der Waals surface area contributed by atoms with Crippen molar-refractivity contribution in [1.29, 1.82) is 0 Å². The van der Waals surface area contributed by atoms with E-state index in [4.69, 9.17) is 5.73 Å². The van der Waals surface area contributed by atoms with Gasteiger partial charge in [0.15, 0.2) is 5.82 Å². The average Bonchev–Trinajstić information content (AvgIpc) is 2.71. The summed E-state index contributed by atoms with van der Waals surface area (Å²) in [6, 6.07) is 3.84. The van der Waals surface area contributed by atoms with E-state index < -0.39 is 0 Å². The van der Waals surface area contributed by atoms with E-state index in [-0.39, 0.29) is 0 Å². The van der Waals surface area contributed by atoms with Gasteiger partial charge in [0.05, 0.1) is 5.69 Å². The van der Waals surface area contributed by atoms with Crippen molar-refractivity contribution in [2.45, 2.75) is 26.7 Å². The summed E-state index contributed by atoms with van der Waals surface area (Å²) in [5, 5.41) is 4.45. The Labute approximate surface area is 95.1 Å². The van der Waals surface area contributed by atoms with E-state index in [2.05, 4.69) is 23.9 Å². The Hall–Kier alpha value is -1.84. The standard InChI is InChI=1S/C12H16N4/c1-8(2)11-4-5-16(15-11)12-6-10(13)9(3)7-14-12/h4-8H,1-3H3,(H2,13,14). The number of nitrogens with zero attached hydrogens (tertiary/aromatic N) is 3. The molecule has 4 nitrogen and oxygen atoms in total. The first kappa shape index (κ1) is 10.7. The largest absolute Gasteiger partial charge is 0.398 e. The van der Waals surface area contributed by atoms with Gasteiger partial charge in [-0.3, -0.25) is 0 Å². The van der Waals surface area contributed by atoms with Crippen molar-refractivity contribution in [1.82, 2.24) is 14.8 Å². The molecule has 2 N–H and O–H groups in total. The maximum Gasteiger partial charge on any atom is 0.155 e. The fourth-order valence-corrected chi connectivity index (χ4v) is 1.43. The number of nitrogens with two attached hydrogens (primary N) is 1. The number of aryl methyl sites for hydroxylation is 1. The van der Waals surface area contributed by atoms with Gasteiger partial charge in [-0.25, -0.2) is 9.67 Å². The summed E-state index contributed by atoms with van der Waals surface area (Å²) in [6.45, 7) is 6.17. The zero-order valence-corrected chi connectivity index (χ0v) is 9.81. The maximum atomic E-state index is 5.84. The molecule has 0 fully saturated rings. The van der Waals surface area contributed by atoms with E-state index in [1.54, 1.807) is 10.9 Å². The lowest BCUT2D eigenvalue weighted by Crippen LogP contribution is -2.02. The topological polar surface area (TPSA) is 56.7 Å². The quantitative estimate of drug-likeness (QED) is 0.837. The molecule has 0 unspecified atom stereocenters. The van der Waals surface area contributed by atoms with Crippen molar-refractivity contribution in [3.8, 4) is 5.82 Å². The molecule has 16 heavy (non-hydrogen) atoms. The van der Waals surface area contributed by atoms with Crippen LogP contribution in [0.3, 0.4) is 0 Å². The smallest absolute Gasteiger partial charge is 0.155 e. The summed E-state index contributed by atoms with van der Waals surface area (Å²) < 4.78 is 1.76. The van der Waals surface area contributed by atoms with Gasteiger partial charge in [-0.15, -0.1) is 0 Å². The van der Waals surface area contributed by atoms with Crippen LogP contribution in [-0.2, 0) is 0 Å². The van der Waals surface area contributed by atoms with E-state index in [9.17, 15) is 0 Å². The number of anilines is 1. The Kier molecular flexibility index (Phi) is 2.64. The van der Waals surface area contributed by atoms with E-state index in [0.717, 1.165) is 22.8 Å². The van der Waals surface area contributed by atoms with Crippen LogP contribution >= 0.6 is 0 Å². The van der Waals surface area contributed by atoms with E-state index in [1.807, 2.05) is 25.3 Å². The third-order valence-electron chi connectivity index (χ3n) is 2.57. The van der Waals surface area contributed by atoms with Crippen LogP contribution in [0, 0.1) is 6.92 Å². The molecule has 0 bridgehead atoms. The lowest BCUT2D eigenvalue weighted by Gasteiger charge is -2.04. The van der Waals surface area contributed by atoms with E-state index in [0.29, 0.717) is 5.92 Å². The molecule has 0 amide bonds. The Morgan fingerprint density at radius 1 is 1.38 bits per heavy atom. The molecule has 0 aromatic carbocycles. The summed E-state index contributed by atoms with van der Waals surface area (Å²) in [5.41, 5.74) is 8.63. The molecule has 2 heterocycles. The molecule has 2 aromatic rings. The molecule has 0 aliphatic carbocycles. The van der Waals surface area contributed by atoms with Crippen molar-refractivity contribution < 1.29 is 0 Å². The molecule has 0 aliphatic rings. The Bertz CT molecular complexity index is 499. The van der Waals surface area contributed by atoms with Gasteiger partial charge in [0.25, 0.3) is 0 Å². The lowest BCUT2D eigenvalue weighted by atomic mass is 10.1. The number of rotatable bonds is 2. The highest BCUT2D eigenvalue weighted by molar-refractivity contribution is 5.49. The zero-order valence-electron chi connectivity index (χ0n) is 9.81. The van der Waals surface area contributed by atoms with Crippen molar-refractivity contribution in [3.05, 3.63) is 35.8 Å². The van der Waals surface area contributed by atoms with Crippen LogP contribution in [0.2, 0.25) is 0 Å². The number of hydrogen-bond donors (Lipinski definition) is 1. The van der Waals surface area contributed by atoms with Gasteiger partial charge in [-0.2, -0.15) is 5.10 Å². The highest BCUT2D eigenvalue weighted by Crippen LogP contribution is 2.15. The highest BCUT2D eigenvalue weighted by atomic mass is 15.3. The summed E-state index contributed by atoms with van der Waals surface area (Å²) in [5.74, 6) is 1.18. The highest BCUT2D eigenvalue weighted by Gasteiger charge is 2.06. The first-order chi connectivity index (χ1) is 7.58. The minimum Gasteiger partial charge on any atom is -0.398 e. The van der Waals surface area contributed by atoms with Crippen molar-refractivity contribution >= 4 is 5.69 Å². The first-order valence-electron chi connectivity index (χ1n) is 5.36. The predicted molar refractivity (Wildman–Crippen MR) is 64.6 cm³/mol. The molecule has 0 spiro atoms. The van der Waals surface area contributed by atoms with Crippen molar-refractivity contribution in [2.24, 2.45) is 0 Å². The molecule has 0 atom stereocenters. The minimum absolute atomic E-state index is 0.420. The molecule has 0 saturated heterocycles. The molecule has 0 aliphatic heterocycles. The van der Waals surface area contributed by atoms with Crippen LogP contribution in [0.15, 0.2) is 24.5 Å². The second kappa shape index (κ2) is 3.96. The molecular weight excluding hydrogens is 200 g/mol. The Balaban J connectivity index is 2.39. The molecule has 84 valence electrons. The minimum atomic E-state index is 0.420. The normalized spacial score (nSPS) is 11.0. The Morgan fingerprint density at radius 2 is 2.12 bits per heavy atom. The number of pyridine rings is 1. The fourth-order valence-electron chi connectivity index (χ4n) is 1.43. The van der Waals surface area contributed by atoms with Crippen LogP contribution in [0.1, 0.15) is 31.0 Å². The van der Waals surface area contributed by atoms with Crippen LogP contribution in [-0.4, -0.2) is 14.8 Å².